The van der Waals surface area contributed by atoms with Crippen molar-refractivity contribution in [3.05, 3.63) is 28.2 Å². The third-order valence-electron chi connectivity index (χ3n) is 2.66. The van der Waals surface area contributed by atoms with Crippen LogP contribution in [-0.4, -0.2) is 33.5 Å². The predicted molar refractivity (Wildman–Crippen MR) is 79.3 cm³/mol. The molecule has 3 nitrogen and oxygen atoms in total. The number of rotatable bonds is 9. The van der Waals surface area contributed by atoms with E-state index in [0.29, 0.717) is 13.2 Å². The van der Waals surface area contributed by atoms with E-state index in [1.165, 1.54) is 11.3 Å². The van der Waals surface area contributed by atoms with Gasteiger partial charge in [0.2, 0.25) is 0 Å². The summed E-state index contributed by atoms with van der Waals surface area (Å²) in [5.41, 5.74) is 2.56. The standard InChI is InChI=1S/C14H22BrNO2/c1-3-12-11-13(15)5-6-14(12)16-7-4-8-18-10-9-17-2/h5-6,11,16H,3-4,7-10H2,1-2H3. The molecular weight excluding hydrogens is 294 g/mol. The maximum Gasteiger partial charge on any atom is 0.0700 e. The lowest BCUT2D eigenvalue weighted by molar-refractivity contribution is 0.0705. The summed E-state index contributed by atoms with van der Waals surface area (Å²) in [6.07, 6.45) is 2.04. The minimum absolute atomic E-state index is 0.667. The highest BCUT2D eigenvalue weighted by Gasteiger charge is 2.00. The van der Waals surface area contributed by atoms with Gasteiger partial charge >= 0.3 is 0 Å². The van der Waals surface area contributed by atoms with E-state index < -0.39 is 0 Å². The molecule has 1 aromatic carbocycles. The summed E-state index contributed by atoms with van der Waals surface area (Å²) in [6, 6.07) is 6.35. The fraction of sp³-hybridized carbons (Fsp3) is 0.571. The second-order valence-corrected chi connectivity index (χ2v) is 4.96. The minimum atomic E-state index is 0.667. The second-order valence-electron chi connectivity index (χ2n) is 4.04. The highest BCUT2D eigenvalue weighted by Crippen LogP contribution is 2.21. The highest BCUT2D eigenvalue weighted by atomic mass is 79.9. The Bertz CT molecular complexity index is 345. The Morgan fingerprint density at radius 1 is 1.22 bits per heavy atom. The van der Waals surface area contributed by atoms with Crippen molar-refractivity contribution in [3.8, 4) is 0 Å². The lowest BCUT2D eigenvalue weighted by Gasteiger charge is -2.11. The Morgan fingerprint density at radius 2 is 2.06 bits per heavy atom. The third kappa shape index (κ3) is 5.85. The lowest BCUT2D eigenvalue weighted by atomic mass is 10.1. The molecule has 0 atom stereocenters. The van der Waals surface area contributed by atoms with Crippen molar-refractivity contribution >= 4 is 21.6 Å². The monoisotopic (exact) mass is 315 g/mol. The van der Waals surface area contributed by atoms with Gasteiger partial charge in [-0.05, 0) is 36.6 Å². The van der Waals surface area contributed by atoms with Crippen LogP contribution in [0.2, 0.25) is 0 Å². The van der Waals surface area contributed by atoms with Crippen LogP contribution in [0, 0.1) is 0 Å². The normalized spacial score (nSPS) is 10.6. The number of halogens is 1. The van der Waals surface area contributed by atoms with Gasteiger partial charge in [-0.2, -0.15) is 0 Å². The van der Waals surface area contributed by atoms with Gasteiger partial charge < -0.3 is 14.8 Å². The van der Waals surface area contributed by atoms with E-state index in [-0.39, 0.29) is 0 Å². The number of hydrogen-bond donors (Lipinski definition) is 1. The topological polar surface area (TPSA) is 30.5 Å². The molecule has 0 heterocycles. The molecule has 0 radical (unpaired) electrons. The van der Waals surface area contributed by atoms with Crippen molar-refractivity contribution < 1.29 is 9.47 Å². The quantitative estimate of drug-likeness (QED) is 0.708. The van der Waals surface area contributed by atoms with Gasteiger partial charge in [0.05, 0.1) is 13.2 Å². The van der Waals surface area contributed by atoms with Crippen molar-refractivity contribution in [2.24, 2.45) is 0 Å². The first-order valence-electron chi connectivity index (χ1n) is 6.37. The van der Waals surface area contributed by atoms with Gasteiger partial charge in [-0.3, -0.25) is 0 Å². The maximum absolute atomic E-state index is 5.42. The minimum Gasteiger partial charge on any atom is -0.385 e. The summed E-state index contributed by atoms with van der Waals surface area (Å²) in [4.78, 5) is 0. The van der Waals surface area contributed by atoms with E-state index >= 15 is 0 Å². The average molecular weight is 316 g/mol. The molecule has 0 aliphatic carbocycles. The van der Waals surface area contributed by atoms with Crippen molar-refractivity contribution in [2.45, 2.75) is 19.8 Å². The molecule has 1 rings (SSSR count). The van der Waals surface area contributed by atoms with Crippen molar-refractivity contribution in [1.82, 2.24) is 0 Å². The summed E-state index contributed by atoms with van der Waals surface area (Å²) in [7, 11) is 1.69. The lowest BCUT2D eigenvalue weighted by Crippen LogP contribution is -2.09. The highest BCUT2D eigenvalue weighted by molar-refractivity contribution is 9.10. The molecule has 0 saturated heterocycles. The first kappa shape index (κ1) is 15.5. The molecule has 0 aliphatic rings. The van der Waals surface area contributed by atoms with E-state index in [2.05, 4.69) is 46.4 Å². The Balaban J connectivity index is 2.22. The molecule has 18 heavy (non-hydrogen) atoms. The Kier molecular flexibility index (Phi) is 8.05. The smallest absolute Gasteiger partial charge is 0.0700 e. The molecule has 1 N–H and O–H groups in total. The van der Waals surface area contributed by atoms with E-state index in [9.17, 15) is 0 Å². The number of anilines is 1. The average Bonchev–Trinajstić information content (AvgIpc) is 2.39. The summed E-state index contributed by atoms with van der Waals surface area (Å²) in [5, 5.41) is 3.45. The number of hydrogen-bond acceptors (Lipinski definition) is 3. The predicted octanol–water partition coefficient (Wildman–Crippen LogP) is 3.48. The molecule has 0 fully saturated rings. The Morgan fingerprint density at radius 3 is 2.78 bits per heavy atom. The fourth-order valence-electron chi connectivity index (χ4n) is 1.67. The number of ether oxygens (including phenoxy) is 2. The third-order valence-corrected chi connectivity index (χ3v) is 3.15. The zero-order valence-corrected chi connectivity index (χ0v) is 12.8. The van der Waals surface area contributed by atoms with Gasteiger partial charge in [-0.25, -0.2) is 0 Å². The van der Waals surface area contributed by atoms with Gasteiger partial charge in [0.1, 0.15) is 0 Å². The molecule has 0 amide bonds. The van der Waals surface area contributed by atoms with Crippen LogP contribution in [0.1, 0.15) is 18.9 Å². The van der Waals surface area contributed by atoms with E-state index in [1.807, 2.05) is 0 Å². The molecule has 4 heteroatoms. The molecule has 0 bridgehead atoms. The molecule has 102 valence electrons. The van der Waals surface area contributed by atoms with Crippen LogP contribution >= 0.6 is 15.9 Å². The van der Waals surface area contributed by atoms with Crippen molar-refractivity contribution in [3.63, 3.8) is 0 Å². The number of benzene rings is 1. The molecule has 0 aromatic heterocycles. The zero-order chi connectivity index (χ0) is 13.2. The van der Waals surface area contributed by atoms with Gasteiger partial charge in [-0.15, -0.1) is 0 Å². The molecule has 1 aromatic rings. The number of methoxy groups -OCH3 is 1. The molecule has 0 spiro atoms. The van der Waals surface area contributed by atoms with Gasteiger partial charge in [0, 0.05) is 30.4 Å². The van der Waals surface area contributed by atoms with Crippen LogP contribution in [0.25, 0.3) is 0 Å². The van der Waals surface area contributed by atoms with E-state index in [0.717, 1.165) is 30.5 Å². The van der Waals surface area contributed by atoms with E-state index in [4.69, 9.17) is 9.47 Å². The van der Waals surface area contributed by atoms with Gasteiger partial charge in [0.15, 0.2) is 0 Å². The fourth-order valence-corrected chi connectivity index (χ4v) is 2.08. The van der Waals surface area contributed by atoms with Crippen LogP contribution in [0.3, 0.4) is 0 Å². The Hall–Kier alpha value is -0.580. The molecular formula is C14H22BrNO2. The second kappa shape index (κ2) is 9.36. The summed E-state index contributed by atoms with van der Waals surface area (Å²) >= 11 is 3.49. The summed E-state index contributed by atoms with van der Waals surface area (Å²) < 4.78 is 11.5. The number of nitrogens with one attached hydrogen (secondary N) is 1. The van der Waals surface area contributed by atoms with Crippen molar-refractivity contribution in [1.29, 1.82) is 0 Å². The van der Waals surface area contributed by atoms with E-state index in [1.54, 1.807) is 7.11 Å². The summed E-state index contributed by atoms with van der Waals surface area (Å²) in [6.45, 7) is 5.21. The molecule has 0 aliphatic heterocycles. The SMILES string of the molecule is CCc1cc(Br)ccc1NCCCOCCOC. The van der Waals surface area contributed by atoms with Crippen molar-refractivity contribution in [2.75, 3.05) is 38.8 Å². The largest absolute Gasteiger partial charge is 0.385 e. The van der Waals surface area contributed by atoms with Crippen LogP contribution in [-0.2, 0) is 15.9 Å². The number of aryl methyl sites for hydroxylation is 1. The van der Waals surface area contributed by atoms with Crippen LogP contribution in [0.15, 0.2) is 22.7 Å². The maximum atomic E-state index is 5.42. The Labute approximate surface area is 118 Å². The zero-order valence-electron chi connectivity index (χ0n) is 11.2. The molecule has 0 unspecified atom stereocenters. The first-order chi connectivity index (χ1) is 8.77. The van der Waals surface area contributed by atoms with Gasteiger partial charge in [-0.1, -0.05) is 22.9 Å². The van der Waals surface area contributed by atoms with Crippen LogP contribution < -0.4 is 5.32 Å². The first-order valence-corrected chi connectivity index (χ1v) is 7.16. The molecule has 0 saturated carbocycles. The van der Waals surface area contributed by atoms with Crippen LogP contribution in [0.5, 0.6) is 0 Å². The van der Waals surface area contributed by atoms with Gasteiger partial charge in [0.25, 0.3) is 0 Å². The summed E-state index contributed by atoms with van der Waals surface area (Å²) in [5.74, 6) is 0. The van der Waals surface area contributed by atoms with Crippen LogP contribution in [0.4, 0.5) is 5.69 Å².